The molecule has 2 rings (SSSR count). The molecule has 0 atom stereocenters. The van der Waals surface area contributed by atoms with E-state index < -0.39 is 4.92 Å². The van der Waals surface area contributed by atoms with Gasteiger partial charge in [-0.15, -0.1) is 0 Å². The first kappa shape index (κ1) is 14.9. The molecule has 6 heteroatoms. The Bertz CT molecular complexity index is 634. The summed E-state index contributed by atoms with van der Waals surface area (Å²) in [5.74, 6) is 1.09. The molecule has 1 heterocycles. The van der Waals surface area contributed by atoms with E-state index in [0.29, 0.717) is 12.3 Å². The molecule has 1 aromatic carbocycles. The third-order valence-electron chi connectivity index (χ3n) is 2.85. The number of benzene rings is 1. The maximum atomic E-state index is 10.5. The number of anilines is 1. The zero-order chi connectivity index (χ0) is 15.4. The van der Waals surface area contributed by atoms with E-state index in [-0.39, 0.29) is 12.0 Å². The molecule has 1 N–H and O–H groups in total. The molecule has 0 aliphatic carbocycles. The fourth-order valence-electron chi connectivity index (χ4n) is 1.92. The molecule has 0 unspecified atom stereocenters. The quantitative estimate of drug-likeness (QED) is 0.645. The largest absolute Gasteiger partial charge is 0.491 e. The number of hydrogen-bond acceptors (Lipinski definition) is 5. The highest BCUT2D eigenvalue weighted by molar-refractivity contribution is 5.53. The van der Waals surface area contributed by atoms with Crippen molar-refractivity contribution in [3.05, 3.63) is 51.8 Å². The van der Waals surface area contributed by atoms with E-state index in [0.717, 1.165) is 17.0 Å². The van der Waals surface area contributed by atoms with Crippen LogP contribution in [0.15, 0.2) is 34.7 Å². The Balaban J connectivity index is 2.00. The average molecular weight is 290 g/mol. The summed E-state index contributed by atoms with van der Waals surface area (Å²) in [5, 5.41) is 13.7. The van der Waals surface area contributed by atoms with Crippen LogP contribution in [0.5, 0.6) is 5.75 Å². The van der Waals surface area contributed by atoms with Gasteiger partial charge in [0.15, 0.2) is 0 Å². The normalized spacial score (nSPS) is 10.7. The summed E-state index contributed by atoms with van der Waals surface area (Å²) < 4.78 is 10.7. The molecule has 0 aliphatic rings. The van der Waals surface area contributed by atoms with Gasteiger partial charge in [-0.3, -0.25) is 10.1 Å². The number of nitro groups is 1. The maximum absolute atomic E-state index is 10.5. The summed E-state index contributed by atoms with van der Waals surface area (Å²) in [4.78, 5) is 10.00. The Morgan fingerprint density at radius 1 is 1.33 bits per heavy atom. The van der Waals surface area contributed by atoms with Crippen LogP contribution in [0.4, 0.5) is 11.6 Å². The van der Waals surface area contributed by atoms with Gasteiger partial charge in [0.25, 0.3) is 0 Å². The van der Waals surface area contributed by atoms with Gasteiger partial charge in [-0.1, -0.05) is 0 Å². The fraction of sp³-hybridized carbons (Fsp3) is 0.333. The second kappa shape index (κ2) is 6.30. The van der Waals surface area contributed by atoms with E-state index in [1.165, 1.54) is 6.07 Å². The molecule has 2 aromatic rings. The molecule has 0 spiro atoms. The molecule has 0 saturated heterocycles. The number of aryl methyl sites for hydroxylation is 1. The van der Waals surface area contributed by atoms with E-state index in [4.69, 9.17) is 9.15 Å². The first-order valence-corrected chi connectivity index (χ1v) is 6.70. The van der Waals surface area contributed by atoms with Gasteiger partial charge in [0.1, 0.15) is 16.4 Å². The first-order valence-electron chi connectivity index (χ1n) is 6.70. The van der Waals surface area contributed by atoms with Crippen LogP contribution in [0.1, 0.15) is 25.2 Å². The fourth-order valence-corrected chi connectivity index (χ4v) is 1.92. The lowest BCUT2D eigenvalue weighted by molar-refractivity contribution is -0.402. The Morgan fingerprint density at radius 3 is 2.67 bits per heavy atom. The van der Waals surface area contributed by atoms with Crippen molar-refractivity contribution in [1.29, 1.82) is 0 Å². The van der Waals surface area contributed by atoms with Gasteiger partial charge in [0, 0.05) is 5.69 Å². The SMILES string of the molecule is Cc1cc(OC(C)C)ccc1NCc1ccc([N+](=O)[O-])o1. The van der Waals surface area contributed by atoms with Crippen molar-refractivity contribution in [3.8, 4) is 5.75 Å². The number of hydrogen-bond donors (Lipinski definition) is 1. The van der Waals surface area contributed by atoms with Crippen molar-refractivity contribution < 1.29 is 14.1 Å². The Kier molecular flexibility index (Phi) is 4.47. The van der Waals surface area contributed by atoms with Crippen molar-refractivity contribution in [2.24, 2.45) is 0 Å². The maximum Gasteiger partial charge on any atom is 0.433 e. The van der Waals surface area contributed by atoms with Crippen molar-refractivity contribution in [2.45, 2.75) is 33.4 Å². The Labute approximate surface area is 122 Å². The van der Waals surface area contributed by atoms with Crippen LogP contribution in [0.3, 0.4) is 0 Å². The van der Waals surface area contributed by atoms with Crippen LogP contribution in [0, 0.1) is 17.0 Å². The highest BCUT2D eigenvalue weighted by Crippen LogP contribution is 2.23. The second-order valence-electron chi connectivity index (χ2n) is 4.99. The monoisotopic (exact) mass is 290 g/mol. The third kappa shape index (κ3) is 3.98. The van der Waals surface area contributed by atoms with Crippen LogP contribution in [0.25, 0.3) is 0 Å². The van der Waals surface area contributed by atoms with Gasteiger partial charge in [0.2, 0.25) is 0 Å². The van der Waals surface area contributed by atoms with Crippen LogP contribution < -0.4 is 10.1 Å². The van der Waals surface area contributed by atoms with Gasteiger partial charge in [-0.2, -0.15) is 0 Å². The van der Waals surface area contributed by atoms with Crippen molar-refractivity contribution in [2.75, 3.05) is 5.32 Å². The van der Waals surface area contributed by atoms with Gasteiger partial charge in [-0.05, 0) is 50.6 Å². The molecular formula is C15H18N2O4. The standard InChI is InChI=1S/C15H18N2O4/c1-10(2)20-12-4-6-14(11(3)8-12)16-9-13-5-7-15(21-13)17(18)19/h4-8,10,16H,9H2,1-3H3. The molecule has 0 aliphatic heterocycles. The minimum atomic E-state index is -0.549. The zero-order valence-corrected chi connectivity index (χ0v) is 12.3. The molecule has 0 fully saturated rings. The number of ether oxygens (including phenoxy) is 1. The summed E-state index contributed by atoms with van der Waals surface area (Å²) in [7, 11) is 0. The molecule has 6 nitrogen and oxygen atoms in total. The molecule has 0 saturated carbocycles. The molecule has 0 amide bonds. The summed E-state index contributed by atoms with van der Waals surface area (Å²) >= 11 is 0. The lowest BCUT2D eigenvalue weighted by Gasteiger charge is -2.13. The topological polar surface area (TPSA) is 77.5 Å². The number of furan rings is 1. The minimum Gasteiger partial charge on any atom is -0.491 e. The predicted octanol–water partition coefficient (Wildman–Crippen LogP) is 3.90. The zero-order valence-electron chi connectivity index (χ0n) is 12.3. The predicted molar refractivity (Wildman–Crippen MR) is 79.6 cm³/mol. The lowest BCUT2D eigenvalue weighted by Crippen LogP contribution is -2.06. The highest BCUT2D eigenvalue weighted by atomic mass is 16.6. The first-order chi connectivity index (χ1) is 9.95. The smallest absolute Gasteiger partial charge is 0.433 e. The minimum absolute atomic E-state index is 0.131. The summed E-state index contributed by atoms with van der Waals surface area (Å²) in [6, 6.07) is 8.71. The Hall–Kier alpha value is -2.50. The van der Waals surface area contributed by atoms with E-state index >= 15 is 0 Å². The van der Waals surface area contributed by atoms with E-state index in [1.807, 2.05) is 39.0 Å². The van der Waals surface area contributed by atoms with Crippen LogP contribution in [-0.2, 0) is 6.54 Å². The highest BCUT2D eigenvalue weighted by Gasteiger charge is 2.11. The molecule has 1 aromatic heterocycles. The van der Waals surface area contributed by atoms with E-state index in [9.17, 15) is 10.1 Å². The van der Waals surface area contributed by atoms with E-state index in [2.05, 4.69) is 5.32 Å². The molecular weight excluding hydrogens is 272 g/mol. The summed E-state index contributed by atoms with van der Waals surface area (Å²) in [5.41, 5.74) is 1.97. The summed E-state index contributed by atoms with van der Waals surface area (Å²) in [6.07, 6.45) is 0.131. The number of nitrogens with one attached hydrogen (secondary N) is 1. The average Bonchev–Trinajstić information content (AvgIpc) is 2.86. The second-order valence-corrected chi connectivity index (χ2v) is 4.99. The van der Waals surface area contributed by atoms with Crippen LogP contribution >= 0.6 is 0 Å². The van der Waals surface area contributed by atoms with Crippen molar-refractivity contribution >= 4 is 11.6 Å². The molecule has 112 valence electrons. The van der Waals surface area contributed by atoms with Crippen LogP contribution in [-0.4, -0.2) is 11.0 Å². The molecule has 0 bridgehead atoms. The van der Waals surface area contributed by atoms with Crippen molar-refractivity contribution in [3.63, 3.8) is 0 Å². The van der Waals surface area contributed by atoms with Gasteiger partial charge < -0.3 is 14.5 Å². The van der Waals surface area contributed by atoms with Crippen molar-refractivity contribution in [1.82, 2.24) is 0 Å². The van der Waals surface area contributed by atoms with Gasteiger partial charge in [-0.25, -0.2) is 0 Å². The van der Waals surface area contributed by atoms with Gasteiger partial charge in [0.05, 0.1) is 18.7 Å². The molecule has 21 heavy (non-hydrogen) atoms. The summed E-state index contributed by atoms with van der Waals surface area (Å²) in [6.45, 7) is 6.32. The van der Waals surface area contributed by atoms with E-state index in [1.54, 1.807) is 6.07 Å². The third-order valence-corrected chi connectivity index (χ3v) is 2.85. The number of nitrogens with zero attached hydrogens (tertiary/aromatic N) is 1. The van der Waals surface area contributed by atoms with Gasteiger partial charge >= 0.3 is 5.88 Å². The molecule has 0 radical (unpaired) electrons. The van der Waals surface area contributed by atoms with Crippen LogP contribution in [0.2, 0.25) is 0 Å². The number of rotatable bonds is 6. The Morgan fingerprint density at radius 2 is 2.10 bits per heavy atom. The lowest BCUT2D eigenvalue weighted by atomic mass is 10.2.